The van der Waals surface area contributed by atoms with Gasteiger partial charge in [0, 0.05) is 21.7 Å². The fraction of sp³-hybridized carbons (Fsp3) is 0.500. The molecule has 0 saturated carbocycles. The van der Waals surface area contributed by atoms with Gasteiger partial charge in [-0.1, -0.05) is 27.7 Å². The van der Waals surface area contributed by atoms with E-state index in [0.29, 0.717) is 11.0 Å². The van der Waals surface area contributed by atoms with Gasteiger partial charge in [-0.3, -0.25) is 4.79 Å². The molecule has 0 saturated heterocycles. The van der Waals surface area contributed by atoms with E-state index < -0.39 is 9.05 Å². The number of halogens is 2. The normalized spacial score (nSPS) is 13.8. The first-order chi connectivity index (χ1) is 9.43. The molecule has 21 heavy (non-hydrogen) atoms. The van der Waals surface area contributed by atoms with Gasteiger partial charge in [-0.05, 0) is 45.5 Å². The summed E-state index contributed by atoms with van der Waals surface area (Å²) < 4.78 is 23.2. The van der Waals surface area contributed by atoms with Crippen molar-refractivity contribution in [3.63, 3.8) is 0 Å². The van der Waals surface area contributed by atoms with Gasteiger partial charge >= 0.3 is 0 Å². The Morgan fingerprint density at radius 1 is 1.38 bits per heavy atom. The van der Waals surface area contributed by atoms with Crippen LogP contribution < -0.4 is 5.32 Å². The maximum atomic E-state index is 12.2. The van der Waals surface area contributed by atoms with Gasteiger partial charge in [-0.25, -0.2) is 8.42 Å². The first-order valence-corrected chi connectivity index (χ1v) is 9.55. The van der Waals surface area contributed by atoms with Crippen LogP contribution in [0.2, 0.25) is 0 Å². The number of carbonyl (C=O) groups excluding carboxylic acids is 1. The topological polar surface area (TPSA) is 63.2 Å². The standard InChI is InChI=1S/C14H19BrClNO3S/c1-9(14(2,3)4)8-17-13(18)11-7-10(21(16,19)20)5-6-12(11)15/h5-7,9H,8H2,1-4H3,(H,17,18). The summed E-state index contributed by atoms with van der Waals surface area (Å²) in [6, 6.07) is 4.11. The Kier molecular flexibility index (Phi) is 5.86. The van der Waals surface area contributed by atoms with E-state index in [4.69, 9.17) is 10.7 Å². The Labute approximate surface area is 138 Å². The number of carbonyl (C=O) groups is 1. The predicted octanol–water partition coefficient (Wildman–Crippen LogP) is 3.79. The second-order valence-electron chi connectivity index (χ2n) is 6.06. The van der Waals surface area contributed by atoms with Crippen molar-refractivity contribution in [1.29, 1.82) is 0 Å². The zero-order valence-electron chi connectivity index (χ0n) is 12.4. The number of amides is 1. The van der Waals surface area contributed by atoms with E-state index in [1.807, 2.05) is 0 Å². The fourth-order valence-corrected chi connectivity index (χ4v) is 2.68. The molecule has 1 aromatic rings. The zero-order chi connectivity index (χ0) is 16.4. The fourth-order valence-electron chi connectivity index (χ4n) is 1.48. The minimum absolute atomic E-state index is 0.0752. The van der Waals surface area contributed by atoms with Crippen LogP contribution in [-0.2, 0) is 9.05 Å². The maximum absolute atomic E-state index is 12.2. The van der Waals surface area contributed by atoms with E-state index in [2.05, 4.69) is 48.9 Å². The highest BCUT2D eigenvalue weighted by Gasteiger charge is 2.22. The van der Waals surface area contributed by atoms with Crippen molar-refractivity contribution in [2.24, 2.45) is 11.3 Å². The molecule has 0 aliphatic heterocycles. The molecule has 1 unspecified atom stereocenters. The predicted molar refractivity (Wildman–Crippen MR) is 88.1 cm³/mol. The van der Waals surface area contributed by atoms with E-state index >= 15 is 0 Å². The molecule has 1 rings (SSSR count). The van der Waals surface area contributed by atoms with E-state index in [9.17, 15) is 13.2 Å². The molecule has 0 bridgehead atoms. The highest BCUT2D eigenvalue weighted by Crippen LogP contribution is 2.26. The van der Waals surface area contributed by atoms with Crippen LogP contribution in [0.3, 0.4) is 0 Å². The summed E-state index contributed by atoms with van der Waals surface area (Å²) in [5, 5.41) is 2.82. The minimum atomic E-state index is -3.86. The van der Waals surface area contributed by atoms with Gasteiger partial charge in [0.25, 0.3) is 15.0 Å². The van der Waals surface area contributed by atoms with Gasteiger partial charge in [0.15, 0.2) is 0 Å². The molecular formula is C14H19BrClNO3S. The lowest BCUT2D eigenvalue weighted by atomic mass is 9.82. The smallest absolute Gasteiger partial charge is 0.261 e. The third-order valence-corrected chi connectivity index (χ3v) is 5.55. The molecule has 1 atom stereocenters. The quantitative estimate of drug-likeness (QED) is 0.788. The number of nitrogens with one attached hydrogen (secondary N) is 1. The largest absolute Gasteiger partial charge is 0.352 e. The molecular weight excluding hydrogens is 378 g/mol. The van der Waals surface area contributed by atoms with Gasteiger partial charge < -0.3 is 5.32 Å². The van der Waals surface area contributed by atoms with E-state index in [1.54, 1.807) is 0 Å². The van der Waals surface area contributed by atoms with Crippen LogP contribution in [0.25, 0.3) is 0 Å². The van der Waals surface area contributed by atoms with Crippen molar-refractivity contribution >= 4 is 41.6 Å². The summed E-state index contributed by atoms with van der Waals surface area (Å²) in [4.78, 5) is 12.1. The van der Waals surface area contributed by atoms with E-state index in [0.717, 1.165) is 0 Å². The summed E-state index contributed by atoms with van der Waals surface area (Å²) in [5.41, 5.74) is 0.323. The maximum Gasteiger partial charge on any atom is 0.261 e. The number of rotatable bonds is 4. The summed E-state index contributed by atoms with van der Waals surface area (Å²) in [7, 11) is 1.44. The monoisotopic (exact) mass is 395 g/mol. The van der Waals surface area contributed by atoms with Crippen molar-refractivity contribution in [2.45, 2.75) is 32.6 Å². The van der Waals surface area contributed by atoms with Crippen LogP contribution in [0.1, 0.15) is 38.1 Å². The molecule has 7 heteroatoms. The summed E-state index contributed by atoms with van der Waals surface area (Å²) in [6.07, 6.45) is 0. The molecule has 0 radical (unpaired) electrons. The lowest BCUT2D eigenvalue weighted by molar-refractivity contribution is 0.0936. The second kappa shape index (κ2) is 6.67. The summed E-state index contributed by atoms with van der Waals surface area (Å²) >= 11 is 3.25. The third kappa shape index (κ3) is 5.27. The molecule has 0 aliphatic rings. The van der Waals surface area contributed by atoms with Crippen molar-refractivity contribution in [2.75, 3.05) is 6.54 Å². The second-order valence-corrected chi connectivity index (χ2v) is 9.48. The van der Waals surface area contributed by atoms with Gasteiger partial charge in [0.1, 0.15) is 0 Å². The highest BCUT2D eigenvalue weighted by molar-refractivity contribution is 9.10. The van der Waals surface area contributed by atoms with Crippen LogP contribution in [0.15, 0.2) is 27.6 Å². The Morgan fingerprint density at radius 2 is 1.95 bits per heavy atom. The van der Waals surface area contributed by atoms with E-state index in [1.165, 1.54) is 18.2 Å². The summed E-state index contributed by atoms with van der Waals surface area (Å²) in [5.74, 6) is -0.0553. The minimum Gasteiger partial charge on any atom is -0.352 e. The molecule has 4 nitrogen and oxygen atoms in total. The Balaban J connectivity index is 2.93. The van der Waals surface area contributed by atoms with Crippen molar-refractivity contribution in [3.05, 3.63) is 28.2 Å². The van der Waals surface area contributed by atoms with Crippen LogP contribution in [0, 0.1) is 11.3 Å². The van der Waals surface area contributed by atoms with Crippen molar-refractivity contribution in [3.8, 4) is 0 Å². The lowest BCUT2D eigenvalue weighted by Gasteiger charge is -2.27. The Morgan fingerprint density at radius 3 is 2.43 bits per heavy atom. The molecule has 0 fully saturated rings. The van der Waals surface area contributed by atoms with Crippen molar-refractivity contribution in [1.82, 2.24) is 5.32 Å². The molecule has 118 valence electrons. The van der Waals surface area contributed by atoms with Gasteiger partial charge in [-0.15, -0.1) is 0 Å². The SMILES string of the molecule is CC(CNC(=O)c1cc(S(=O)(=O)Cl)ccc1Br)C(C)(C)C. The molecule has 0 heterocycles. The van der Waals surface area contributed by atoms with Crippen LogP contribution >= 0.6 is 26.6 Å². The van der Waals surface area contributed by atoms with Crippen LogP contribution in [0.5, 0.6) is 0 Å². The number of hydrogen-bond donors (Lipinski definition) is 1. The molecule has 0 aliphatic carbocycles. The Hall–Kier alpha value is -0.590. The number of hydrogen-bond acceptors (Lipinski definition) is 3. The third-order valence-electron chi connectivity index (χ3n) is 3.51. The first-order valence-electron chi connectivity index (χ1n) is 6.45. The van der Waals surface area contributed by atoms with Crippen LogP contribution in [-0.4, -0.2) is 20.9 Å². The Bertz CT molecular complexity index is 638. The number of benzene rings is 1. The zero-order valence-corrected chi connectivity index (χ0v) is 15.6. The molecule has 1 aromatic carbocycles. The van der Waals surface area contributed by atoms with Gasteiger partial charge in [0.05, 0.1) is 10.5 Å². The average Bonchev–Trinajstić information content (AvgIpc) is 2.33. The van der Waals surface area contributed by atoms with Gasteiger partial charge in [-0.2, -0.15) is 0 Å². The first kappa shape index (κ1) is 18.5. The molecule has 1 N–H and O–H groups in total. The van der Waals surface area contributed by atoms with E-state index in [-0.39, 0.29) is 27.7 Å². The highest BCUT2D eigenvalue weighted by atomic mass is 79.9. The van der Waals surface area contributed by atoms with Crippen molar-refractivity contribution < 1.29 is 13.2 Å². The van der Waals surface area contributed by atoms with Crippen LogP contribution in [0.4, 0.5) is 0 Å². The van der Waals surface area contributed by atoms with Gasteiger partial charge in [0.2, 0.25) is 0 Å². The molecule has 0 spiro atoms. The average molecular weight is 397 g/mol. The lowest BCUT2D eigenvalue weighted by Crippen LogP contribution is -2.33. The molecule has 0 aromatic heterocycles. The summed E-state index contributed by atoms with van der Waals surface area (Å²) in [6.45, 7) is 8.85. The molecule has 1 amide bonds.